The summed E-state index contributed by atoms with van der Waals surface area (Å²) < 4.78 is 0. The normalized spacial score (nSPS) is 27.6. The molecule has 14 heavy (non-hydrogen) atoms. The standard InChI is InChI=1S/C13H22O/c1-9(2)7-12-5-6-13(11(4)14)10(3)8-12/h5,9-10,13H,6-8H2,1-4H3. The van der Waals surface area contributed by atoms with Gasteiger partial charge in [-0.25, -0.2) is 0 Å². The van der Waals surface area contributed by atoms with Gasteiger partial charge in [-0.05, 0) is 38.0 Å². The lowest BCUT2D eigenvalue weighted by molar-refractivity contribution is -0.122. The lowest BCUT2D eigenvalue weighted by Gasteiger charge is -2.27. The monoisotopic (exact) mass is 194 g/mol. The highest BCUT2D eigenvalue weighted by Gasteiger charge is 2.25. The number of allylic oxidation sites excluding steroid dienone is 2. The van der Waals surface area contributed by atoms with Crippen molar-refractivity contribution >= 4 is 5.78 Å². The molecule has 0 spiro atoms. The summed E-state index contributed by atoms with van der Waals surface area (Å²) in [5.41, 5.74) is 1.56. The summed E-state index contributed by atoms with van der Waals surface area (Å²) in [6.07, 6.45) is 5.60. The van der Waals surface area contributed by atoms with Crippen molar-refractivity contribution in [2.24, 2.45) is 17.8 Å². The van der Waals surface area contributed by atoms with Crippen molar-refractivity contribution in [3.8, 4) is 0 Å². The minimum Gasteiger partial charge on any atom is -0.300 e. The molecule has 0 aromatic rings. The number of ketones is 1. The summed E-state index contributed by atoms with van der Waals surface area (Å²) in [6, 6.07) is 0. The van der Waals surface area contributed by atoms with Crippen LogP contribution < -0.4 is 0 Å². The van der Waals surface area contributed by atoms with Crippen molar-refractivity contribution in [1.82, 2.24) is 0 Å². The zero-order valence-corrected chi connectivity index (χ0v) is 9.84. The van der Waals surface area contributed by atoms with Gasteiger partial charge >= 0.3 is 0 Å². The third kappa shape index (κ3) is 2.97. The van der Waals surface area contributed by atoms with E-state index in [9.17, 15) is 4.79 Å². The predicted octanol–water partition coefficient (Wildman–Crippen LogP) is 3.59. The van der Waals surface area contributed by atoms with Crippen LogP contribution in [0, 0.1) is 17.8 Å². The smallest absolute Gasteiger partial charge is 0.133 e. The Labute approximate surface area is 87.6 Å². The summed E-state index contributed by atoms with van der Waals surface area (Å²) in [7, 11) is 0. The molecule has 0 amide bonds. The summed E-state index contributed by atoms with van der Waals surface area (Å²) in [5, 5.41) is 0. The van der Waals surface area contributed by atoms with E-state index in [-0.39, 0.29) is 5.92 Å². The van der Waals surface area contributed by atoms with Gasteiger partial charge in [0.2, 0.25) is 0 Å². The predicted molar refractivity (Wildman–Crippen MR) is 60.1 cm³/mol. The second-order valence-corrected chi connectivity index (χ2v) is 5.09. The Morgan fingerprint density at radius 2 is 2.21 bits per heavy atom. The van der Waals surface area contributed by atoms with Crippen LogP contribution in [0.5, 0.6) is 0 Å². The molecule has 0 bridgehead atoms. The molecule has 1 nitrogen and oxygen atoms in total. The first-order valence-corrected chi connectivity index (χ1v) is 5.69. The fourth-order valence-corrected chi connectivity index (χ4v) is 2.42. The Bertz CT molecular complexity index is 238. The van der Waals surface area contributed by atoms with Crippen LogP contribution in [0.1, 0.15) is 47.0 Å². The summed E-state index contributed by atoms with van der Waals surface area (Å²) in [4.78, 5) is 11.3. The second kappa shape index (κ2) is 4.77. The van der Waals surface area contributed by atoms with Crippen molar-refractivity contribution in [2.45, 2.75) is 47.0 Å². The van der Waals surface area contributed by atoms with E-state index in [1.54, 1.807) is 12.5 Å². The maximum atomic E-state index is 11.3. The lowest BCUT2D eigenvalue weighted by atomic mass is 9.77. The van der Waals surface area contributed by atoms with E-state index in [2.05, 4.69) is 26.8 Å². The average molecular weight is 194 g/mol. The van der Waals surface area contributed by atoms with E-state index in [1.165, 1.54) is 6.42 Å². The highest BCUT2D eigenvalue weighted by atomic mass is 16.1. The minimum atomic E-state index is 0.283. The quantitative estimate of drug-likeness (QED) is 0.627. The van der Waals surface area contributed by atoms with Crippen LogP contribution in [0.15, 0.2) is 11.6 Å². The third-order valence-electron chi connectivity index (χ3n) is 3.12. The van der Waals surface area contributed by atoms with Crippen molar-refractivity contribution in [3.63, 3.8) is 0 Å². The first kappa shape index (κ1) is 11.5. The number of Topliss-reactive ketones (excluding diaryl/α,β-unsaturated/α-hetero) is 1. The van der Waals surface area contributed by atoms with Gasteiger partial charge in [-0.2, -0.15) is 0 Å². The third-order valence-corrected chi connectivity index (χ3v) is 3.12. The summed E-state index contributed by atoms with van der Waals surface area (Å²) in [5.74, 6) is 1.93. The van der Waals surface area contributed by atoms with Crippen LogP contribution in [0.25, 0.3) is 0 Å². The van der Waals surface area contributed by atoms with E-state index in [0.717, 1.165) is 18.8 Å². The average Bonchev–Trinajstić information content (AvgIpc) is 2.01. The van der Waals surface area contributed by atoms with Crippen molar-refractivity contribution < 1.29 is 4.79 Å². The second-order valence-electron chi connectivity index (χ2n) is 5.09. The van der Waals surface area contributed by atoms with Gasteiger partial charge < -0.3 is 0 Å². The molecule has 0 saturated heterocycles. The number of carbonyl (C=O) groups is 1. The zero-order chi connectivity index (χ0) is 10.7. The van der Waals surface area contributed by atoms with Crippen molar-refractivity contribution in [3.05, 3.63) is 11.6 Å². The van der Waals surface area contributed by atoms with E-state index >= 15 is 0 Å². The van der Waals surface area contributed by atoms with E-state index in [4.69, 9.17) is 0 Å². The van der Waals surface area contributed by atoms with Gasteiger partial charge in [0, 0.05) is 5.92 Å². The van der Waals surface area contributed by atoms with E-state index in [0.29, 0.717) is 11.7 Å². The molecule has 1 rings (SSSR count). The van der Waals surface area contributed by atoms with Crippen LogP contribution in [-0.4, -0.2) is 5.78 Å². The molecule has 80 valence electrons. The van der Waals surface area contributed by atoms with Gasteiger partial charge in [0.05, 0.1) is 0 Å². The first-order valence-electron chi connectivity index (χ1n) is 5.69. The van der Waals surface area contributed by atoms with Gasteiger partial charge in [0.25, 0.3) is 0 Å². The number of hydrogen-bond donors (Lipinski definition) is 0. The van der Waals surface area contributed by atoms with Gasteiger partial charge in [-0.1, -0.05) is 32.4 Å². The minimum absolute atomic E-state index is 0.283. The molecule has 0 aromatic carbocycles. The van der Waals surface area contributed by atoms with Crippen molar-refractivity contribution in [2.75, 3.05) is 0 Å². The highest BCUT2D eigenvalue weighted by molar-refractivity contribution is 5.79. The number of rotatable bonds is 3. The highest BCUT2D eigenvalue weighted by Crippen LogP contribution is 2.32. The SMILES string of the molecule is CC(=O)C1CC=C(CC(C)C)CC1C. The molecule has 2 atom stereocenters. The maximum Gasteiger partial charge on any atom is 0.133 e. The van der Waals surface area contributed by atoms with Crippen LogP contribution in [0.3, 0.4) is 0 Å². The Morgan fingerprint density at radius 1 is 1.57 bits per heavy atom. The first-order chi connectivity index (χ1) is 6.50. The summed E-state index contributed by atoms with van der Waals surface area (Å²) >= 11 is 0. The molecule has 1 aliphatic rings. The Hall–Kier alpha value is -0.590. The largest absolute Gasteiger partial charge is 0.300 e. The van der Waals surface area contributed by atoms with Crippen LogP contribution in [-0.2, 0) is 4.79 Å². The molecular weight excluding hydrogens is 172 g/mol. The van der Waals surface area contributed by atoms with Gasteiger partial charge in [0.1, 0.15) is 5.78 Å². The van der Waals surface area contributed by atoms with Crippen LogP contribution in [0.2, 0.25) is 0 Å². The van der Waals surface area contributed by atoms with Gasteiger partial charge in [0.15, 0.2) is 0 Å². The zero-order valence-electron chi connectivity index (χ0n) is 9.84. The molecule has 0 saturated carbocycles. The topological polar surface area (TPSA) is 17.1 Å². The molecule has 0 fully saturated rings. The van der Waals surface area contributed by atoms with Crippen molar-refractivity contribution in [1.29, 1.82) is 0 Å². The molecule has 0 radical (unpaired) electrons. The fraction of sp³-hybridized carbons (Fsp3) is 0.769. The lowest BCUT2D eigenvalue weighted by Crippen LogP contribution is -2.23. The van der Waals surface area contributed by atoms with Crippen LogP contribution >= 0.6 is 0 Å². The Morgan fingerprint density at radius 3 is 2.64 bits per heavy atom. The Kier molecular flexibility index (Phi) is 3.91. The molecule has 0 heterocycles. The number of hydrogen-bond acceptors (Lipinski definition) is 1. The Balaban J connectivity index is 2.58. The molecule has 2 unspecified atom stereocenters. The summed E-state index contributed by atoms with van der Waals surface area (Å²) in [6.45, 7) is 8.44. The molecule has 1 aliphatic carbocycles. The molecule has 1 heteroatoms. The number of carbonyl (C=O) groups excluding carboxylic acids is 1. The van der Waals surface area contributed by atoms with Gasteiger partial charge in [-0.15, -0.1) is 0 Å². The van der Waals surface area contributed by atoms with Crippen LogP contribution in [0.4, 0.5) is 0 Å². The molecule has 0 aliphatic heterocycles. The molecule has 0 aromatic heterocycles. The fourth-order valence-electron chi connectivity index (χ4n) is 2.42. The van der Waals surface area contributed by atoms with E-state index < -0.39 is 0 Å². The molecule has 0 N–H and O–H groups in total. The van der Waals surface area contributed by atoms with E-state index in [1.807, 2.05) is 0 Å². The molecular formula is C13H22O. The maximum absolute atomic E-state index is 11.3. The van der Waals surface area contributed by atoms with Gasteiger partial charge in [-0.3, -0.25) is 4.79 Å².